The van der Waals surface area contributed by atoms with Gasteiger partial charge >= 0.3 is 5.97 Å². The van der Waals surface area contributed by atoms with Crippen LogP contribution in [0.2, 0.25) is 0 Å². The Morgan fingerprint density at radius 3 is 2.05 bits per heavy atom. The number of allylic oxidation sites excluding steroid dienone is 1. The van der Waals surface area contributed by atoms with Gasteiger partial charge in [-0.1, -0.05) is 74.9 Å². The minimum Gasteiger partial charge on any atom is -0.481 e. The second-order valence-corrected chi connectivity index (χ2v) is 10.3. The van der Waals surface area contributed by atoms with Crippen LogP contribution >= 0.6 is 0 Å². The molecule has 0 spiro atoms. The van der Waals surface area contributed by atoms with Crippen LogP contribution in [0.3, 0.4) is 0 Å². The first kappa shape index (κ1) is 27.5. The standard InChI is InChI=1S/C29H32N2O6/c1-29(2,3)27(31-28(37)19-12-8-5-9-13-19)26(36)25-21(14-18-10-6-4-7-11-18)22(25)16-23(33)30-20(17-32)15-24(34)35/h4-13,17,20,25,27H,14-16H2,1-3H3,(H,30,33)(H,31,37)(H,34,35). The van der Waals surface area contributed by atoms with Crippen LogP contribution in [0.1, 0.15) is 49.5 Å². The Bertz CT molecular complexity index is 1200. The summed E-state index contributed by atoms with van der Waals surface area (Å²) >= 11 is 0. The molecule has 0 aromatic heterocycles. The maximum Gasteiger partial charge on any atom is 0.305 e. The van der Waals surface area contributed by atoms with Crippen LogP contribution in [0.25, 0.3) is 0 Å². The summed E-state index contributed by atoms with van der Waals surface area (Å²) in [7, 11) is 0. The van der Waals surface area contributed by atoms with Crippen molar-refractivity contribution in [2.75, 3.05) is 0 Å². The largest absolute Gasteiger partial charge is 0.481 e. The topological polar surface area (TPSA) is 130 Å². The third-order valence-corrected chi connectivity index (χ3v) is 6.27. The molecule has 1 aliphatic carbocycles. The van der Waals surface area contributed by atoms with E-state index in [0.29, 0.717) is 23.8 Å². The van der Waals surface area contributed by atoms with E-state index in [-0.39, 0.29) is 18.1 Å². The van der Waals surface area contributed by atoms with Crippen molar-refractivity contribution in [2.24, 2.45) is 11.3 Å². The molecule has 1 aliphatic rings. The predicted molar refractivity (Wildman–Crippen MR) is 138 cm³/mol. The van der Waals surface area contributed by atoms with Crippen LogP contribution in [0.4, 0.5) is 0 Å². The molecule has 0 radical (unpaired) electrons. The SMILES string of the molecule is CC(C)(C)C(NC(=O)c1ccccc1)C(=O)C1C(CC(=O)NC(C=O)CC(=O)O)=C1Cc1ccccc1. The monoisotopic (exact) mass is 504 g/mol. The van der Waals surface area contributed by atoms with Crippen molar-refractivity contribution in [3.63, 3.8) is 0 Å². The Morgan fingerprint density at radius 2 is 1.51 bits per heavy atom. The molecule has 0 bridgehead atoms. The van der Waals surface area contributed by atoms with Crippen LogP contribution < -0.4 is 10.6 Å². The molecule has 194 valence electrons. The van der Waals surface area contributed by atoms with Gasteiger partial charge in [0.15, 0.2) is 5.78 Å². The minimum atomic E-state index is -1.21. The molecule has 3 rings (SSSR count). The molecule has 0 fully saturated rings. The number of carbonyl (C=O) groups excluding carboxylic acids is 4. The van der Waals surface area contributed by atoms with E-state index in [4.69, 9.17) is 5.11 Å². The van der Waals surface area contributed by atoms with Crippen LogP contribution in [0.5, 0.6) is 0 Å². The number of benzene rings is 2. The van der Waals surface area contributed by atoms with Crippen LogP contribution in [-0.2, 0) is 25.6 Å². The highest BCUT2D eigenvalue weighted by molar-refractivity contribution is 6.03. The Kier molecular flexibility index (Phi) is 8.76. The lowest BCUT2D eigenvalue weighted by atomic mass is 9.81. The number of carbonyl (C=O) groups is 5. The summed E-state index contributed by atoms with van der Waals surface area (Å²) in [5, 5.41) is 14.2. The molecule has 3 N–H and O–H groups in total. The zero-order valence-corrected chi connectivity index (χ0v) is 21.2. The summed E-state index contributed by atoms with van der Waals surface area (Å²) in [6, 6.07) is 16.2. The second-order valence-electron chi connectivity index (χ2n) is 10.3. The van der Waals surface area contributed by atoms with E-state index in [1.54, 1.807) is 30.3 Å². The average Bonchev–Trinajstić information content (AvgIpc) is 3.52. The summed E-state index contributed by atoms with van der Waals surface area (Å²) in [4.78, 5) is 61.5. The van der Waals surface area contributed by atoms with Gasteiger partial charge in [0, 0.05) is 12.0 Å². The number of carboxylic acid groups (broad SMARTS) is 1. The molecule has 2 aromatic rings. The second kappa shape index (κ2) is 11.8. The summed E-state index contributed by atoms with van der Waals surface area (Å²) in [5.74, 6) is -2.93. The van der Waals surface area contributed by atoms with Crippen molar-refractivity contribution in [3.8, 4) is 0 Å². The lowest BCUT2D eigenvalue weighted by molar-refractivity contribution is -0.138. The number of hydrogen-bond acceptors (Lipinski definition) is 5. The molecule has 0 saturated carbocycles. The Morgan fingerprint density at radius 1 is 0.919 bits per heavy atom. The van der Waals surface area contributed by atoms with E-state index in [0.717, 1.165) is 11.1 Å². The lowest BCUT2D eigenvalue weighted by Gasteiger charge is -2.31. The minimum absolute atomic E-state index is 0.133. The fourth-order valence-corrected chi connectivity index (χ4v) is 4.35. The average molecular weight is 505 g/mol. The van der Waals surface area contributed by atoms with Gasteiger partial charge in [-0.15, -0.1) is 0 Å². The van der Waals surface area contributed by atoms with Crippen LogP contribution in [-0.4, -0.2) is 47.0 Å². The Hall–Kier alpha value is -4.07. The van der Waals surface area contributed by atoms with Crippen LogP contribution in [0.15, 0.2) is 71.8 Å². The number of aldehydes is 1. The Labute approximate surface area is 216 Å². The molecule has 0 aliphatic heterocycles. The van der Waals surface area contributed by atoms with Crippen molar-refractivity contribution in [3.05, 3.63) is 82.9 Å². The highest BCUT2D eigenvalue weighted by Gasteiger charge is 2.48. The Balaban J connectivity index is 1.81. The fraction of sp³-hybridized carbons (Fsp3) is 0.345. The summed E-state index contributed by atoms with van der Waals surface area (Å²) in [5.41, 5.74) is 2.25. The van der Waals surface area contributed by atoms with E-state index in [2.05, 4.69) is 10.6 Å². The predicted octanol–water partition coefficient (Wildman–Crippen LogP) is 3.12. The number of rotatable bonds is 12. The van der Waals surface area contributed by atoms with Crippen molar-refractivity contribution >= 4 is 29.9 Å². The number of aliphatic carboxylic acids is 1. The summed E-state index contributed by atoms with van der Waals surface area (Å²) < 4.78 is 0. The van der Waals surface area contributed by atoms with Gasteiger partial charge in [-0.25, -0.2) is 0 Å². The van der Waals surface area contributed by atoms with Crippen molar-refractivity contribution in [1.82, 2.24) is 10.6 Å². The van der Waals surface area contributed by atoms with Crippen molar-refractivity contribution < 1.29 is 29.1 Å². The molecule has 2 aromatic carbocycles. The zero-order chi connectivity index (χ0) is 27.2. The normalized spacial score (nSPS) is 16.4. The van der Waals surface area contributed by atoms with Gasteiger partial charge < -0.3 is 20.5 Å². The smallest absolute Gasteiger partial charge is 0.305 e. The van der Waals surface area contributed by atoms with E-state index in [9.17, 15) is 24.0 Å². The van der Waals surface area contributed by atoms with Crippen LogP contribution in [0, 0.1) is 11.3 Å². The van der Waals surface area contributed by atoms with Crippen molar-refractivity contribution in [1.29, 1.82) is 0 Å². The maximum absolute atomic E-state index is 13.8. The number of amides is 2. The third-order valence-electron chi connectivity index (χ3n) is 6.27. The van der Waals surface area contributed by atoms with Crippen molar-refractivity contribution in [2.45, 2.75) is 52.1 Å². The maximum atomic E-state index is 13.8. The lowest BCUT2D eigenvalue weighted by Crippen LogP contribution is -2.50. The number of hydrogen-bond donors (Lipinski definition) is 3. The van der Waals surface area contributed by atoms with Gasteiger partial charge in [0.05, 0.1) is 24.4 Å². The zero-order valence-electron chi connectivity index (χ0n) is 21.2. The summed E-state index contributed by atoms with van der Waals surface area (Å²) in [6.07, 6.45) is 0.197. The van der Waals surface area contributed by atoms with Gasteiger partial charge in [0.25, 0.3) is 5.91 Å². The quantitative estimate of drug-likeness (QED) is 0.301. The van der Waals surface area contributed by atoms with Gasteiger partial charge in [-0.2, -0.15) is 0 Å². The summed E-state index contributed by atoms with van der Waals surface area (Å²) in [6.45, 7) is 5.60. The van der Waals surface area contributed by atoms with Gasteiger partial charge in [0.1, 0.15) is 6.29 Å². The molecule has 8 nitrogen and oxygen atoms in total. The molecule has 37 heavy (non-hydrogen) atoms. The first-order chi connectivity index (χ1) is 17.5. The first-order valence-electron chi connectivity index (χ1n) is 12.1. The molecule has 3 unspecified atom stereocenters. The highest BCUT2D eigenvalue weighted by Crippen LogP contribution is 2.46. The molecule has 2 amide bonds. The molecule has 0 heterocycles. The first-order valence-corrected chi connectivity index (χ1v) is 12.1. The van der Waals surface area contributed by atoms with E-state index >= 15 is 0 Å². The van der Waals surface area contributed by atoms with Gasteiger partial charge in [0.2, 0.25) is 5.91 Å². The molecule has 3 atom stereocenters. The number of carboxylic acids is 1. The van der Waals surface area contributed by atoms with E-state index < -0.39 is 41.7 Å². The molecular weight excluding hydrogens is 472 g/mol. The highest BCUT2D eigenvalue weighted by atomic mass is 16.4. The number of ketones is 1. The molecule has 8 heteroatoms. The molecule has 0 saturated heterocycles. The fourth-order valence-electron chi connectivity index (χ4n) is 4.35. The number of nitrogens with one attached hydrogen (secondary N) is 2. The molecular formula is C29H32N2O6. The third kappa shape index (κ3) is 7.46. The number of Topliss-reactive ketones (excluding diaryl/α,β-unsaturated/α-hetero) is 1. The van der Waals surface area contributed by atoms with Gasteiger partial charge in [-0.05, 0) is 35.1 Å². The van der Waals surface area contributed by atoms with E-state index in [1.807, 2.05) is 51.1 Å². The van der Waals surface area contributed by atoms with Gasteiger partial charge in [-0.3, -0.25) is 19.2 Å². The van der Waals surface area contributed by atoms with E-state index in [1.165, 1.54) is 0 Å².